The highest BCUT2D eigenvalue weighted by Crippen LogP contribution is 2.28. The van der Waals surface area contributed by atoms with Crippen LogP contribution in [0.4, 0.5) is 14.5 Å². The van der Waals surface area contributed by atoms with Crippen molar-refractivity contribution in [3.63, 3.8) is 0 Å². The van der Waals surface area contributed by atoms with Crippen LogP contribution in [0.2, 0.25) is 0 Å². The Hall–Kier alpha value is -1.20. The van der Waals surface area contributed by atoms with Gasteiger partial charge < -0.3 is 15.7 Å². The zero-order valence-electron chi connectivity index (χ0n) is 10.9. The maximum Gasteiger partial charge on any atom is 0.182 e. The molecule has 0 amide bonds. The molecule has 0 bridgehead atoms. The highest BCUT2D eigenvalue weighted by atomic mass is 19.2. The number of piperidine rings is 1. The Kier molecular flexibility index (Phi) is 4.71. The maximum atomic E-state index is 13.8. The van der Waals surface area contributed by atoms with E-state index in [4.69, 9.17) is 10.8 Å². The molecule has 1 aromatic carbocycles. The van der Waals surface area contributed by atoms with Crippen LogP contribution in [0, 0.1) is 17.6 Å². The van der Waals surface area contributed by atoms with Gasteiger partial charge in [-0.05, 0) is 37.3 Å². The predicted octanol–water partition coefficient (Wildman–Crippen LogP) is 1.89. The van der Waals surface area contributed by atoms with E-state index >= 15 is 0 Å². The molecule has 0 spiro atoms. The molecule has 3 nitrogen and oxygen atoms in total. The number of aliphatic hydroxyl groups excluding tert-OH is 1. The first-order valence-corrected chi connectivity index (χ1v) is 6.67. The molecule has 0 radical (unpaired) electrons. The fourth-order valence-electron chi connectivity index (χ4n) is 2.77. The summed E-state index contributed by atoms with van der Waals surface area (Å²) < 4.78 is 27.1. The topological polar surface area (TPSA) is 49.5 Å². The van der Waals surface area contributed by atoms with Crippen LogP contribution in [0.25, 0.3) is 0 Å². The Morgan fingerprint density at radius 3 is 2.84 bits per heavy atom. The first-order valence-electron chi connectivity index (χ1n) is 6.67. The van der Waals surface area contributed by atoms with Crippen LogP contribution in [0.3, 0.4) is 0 Å². The fraction of sp³-hybridized carbons (Fsp3) is 0.571. The molecule has 5 heteroatoms. The smallest absolute Gasteiger partial charge is 0.182 e. The molecule has 1 fully saturated rings. The van der Waals surface area contributed by atoms with E-state index in [0.29, 0.717) is 19.0 Å². The number of benzene rings is 1. The van der Waals surface area contributed by atoms with Gasteiger partial charge in [-0.3, -0.25) is 0 Å². The Morgan fingerprint density at radius 2 is 2.11 bits per heavy atom. The molecule has 1 aromatic rings. The quantitative estimate of drug-likeness (QED) is 0.878. The monoisotopic (exact) mass is 270 g/mol. The van der Waals surface area contributed by atoms with E-state index in [2.05, 4.69) is 0 Å². The summed E-state index contributed by atoms with van der Waals surface area (Å²) in [5.41, 5.74) is 6.27. The van der Waals surface area contributed by atoms with Gasteiger partial charge in [0.2, 0.25) is 0 Å². The number of anilines is 1. The van der Waals surface area contributed by atoms with Crippen molar-refractivity contribution in [1.82, 2.24) is 0 Å². The maximum absolute atomic E-state index is 13.8. The van der Waals surface area contributed by atoms with Gasteiger partial charge in [0.1, 0.15) is 0 Å². The van der Waals surface area contributed by atoms with Crippen molar-refractivity contribution in [2.45, 2.75) is 25.3 Å². The highest BCUT2D eigenvalue weighted by Gasteiger charge is 2.27. The molecule has 106 valence electrons. The Labute approximate surface area is 112 Å². The lowest BCUT2D eigenvalue weighted by Crippen LogP contribution is -2.47. The molecule has 2 unspecified atom stereocenters. The van der Waals surface area contributed by atoms with Crippen LogP contribution in [-0.2, 0) is 0 Å². The van der Waals surface area contributed by atoms with Crippen LogP contribution in [0.1, 0.15) is 19.3 Å². The van der Waals surface area contributed by atoms with Crippen molar-refractivity contribution in [2.24, 2.45) is 11.7 Å². The molecule has 0 saturated carbocycles. The Balaban J connectivity index is 2.12. The van der Waals surface area contributed by atoms with Crippen molar-refractivity contribution >= 4 is 5.69 Å². The van der Waals surface area contributed by atoms with E-state index in [0.717, 1.165) is 25.3 Å². The SMILES string of the molecule is NC1CC(CCCO)CN(c2cccc(F)c2F)C1. The van der Waals surface area contributed by atoms with Gasteiger partial charge in [-0.15, -0.1) is 0 Å². The summed E-state index contributed by atoms with van der Waals surface area (Å²) in [6.07, 6.45) is 2.45. The van der Waals surface area contributed by atoms with E-state index < -0.39 is 11.6 Å². The van der Waals surface area contributed by atoms with Gasteiger partial charge in [-0.25, -0.2) is 8.78 Å². The summed E-state index contributed by atoms with van der Waals surface area (Å²) in [6, 6.07) is 4.17. The molecule has 1 heterocycles. The number of nitrogens with zero attached hydrogens (tertiary/aromatic N) is 1. The van der Waals surface area contributed by atoms with Gasteiger partial charge in [0, 0.05) is 25.7 Å². The third-order valence-electron chi connectivity index (χ3n) is 3.61. The number of hydrogen-bond acceptors (Lipinski definition) is 3. The number of nitrogens with two attached hydrogens (primary N) is 1. The average molecular weight is 270 g/mol. The normalized spacial score (nSPS) is 23.7. The summed E-state index contributed by atoms with van der Waals surface area (Å²) in [7, 11) is 0. The average Bonchev–Trinajstić information content (AvgIpc) is 2.39. The van der Waals surface area contributed by atoms with Crippen LogP contribution < -0.4 is 10.6 Å². The number of halogens is 2. The van der Waals surface area contributed by atoms with E-state index in [1.165, 1.54) is 6.07 Å². The molecule has 1 saturated heterocycles. The van der Waals surface area contributed by atoms with Crippen molar-refractivity contribution in [3.05, 3.63) is 29.8 Å². The second-order valence-electron chi connectivity index (χ2n) is 5.21. The summed E-state index contributed by atoms with van der Waals surface area (Å²) in [5.74, 6) is -1.32. The van der Waals surface area contributed by atoms with Crippen molar-refractivity contribution < 1.29 is 13.9 Å². The minimum absolute atomic E-state index is 0.0416. The fourth-order valence-corrected chi connectivity index (χ4v) is 2.77. The summed E-state index contributed by atoms with van der Waals surface area (Å²) in [4.78, 5) is 1.81. The largest absolute Gasteiger partial charge is 0.396 e. The summed E-state index contributed by atoms with van der Waals surface area (Å²) in [5, 5.41) is 8.87. The van der Waals surface area contributed by atoms with Gasteiger partial charge in [-0.1, -0.05) is 6.07 Å². The van der Waals surface area contributed by atoms with Crippen LogP contribution in [0.5, 0.6) is 0 Å². The highest BCUT2D eigenvalue weighted by molar-refractivity contribution is 5.48. The third-order valence-corrected chi connectivity index (χ3v) is 3.61. The van der Waals surface area contributed by atoms with Crippen molar-refractivity contribution in [1.29, 1.82) is 0 Å². The van der Waals surface area contributed by atoms with Gasteiger partial charge in [-0.2, -0.15) is 0 Å². The predicted molar refractivity (Wildman–Crippen MR) is 71.0 cm³/mol. The van der Waals surface area contributed by atoms with Crippen molar-refractivity contribution in [2.75, 3.05) is 24.6 Å². The van der Waals surface area contributed by atoms with E-state index in [9.17, 15) is 8.78 Å². The Morgan fingerprint density at radius 1 is 1.32 bits per heavy atom. The minimum Gasteiger partial charge on any atom is -0.396 e. The Bertz CT molecular complexity index is 428. The summed E-state index contributed by atoms with van der Waals surface area (Å²) >= 11 is 0. The van der Waals surface area contributed by atoms with Gasteiger partial charge in [0.05, 0.1) is 5.69 Å². The van der Waals surface area contributed by atoms with Crippen LogP contribution in [0.15, 0.2) is 18.2 Å². The summed E-state index contributed by atoms with van der Waals surface area (Å²) in [6.45, 7) is 1.35. The molecule has 19 heavy (non-hydrogen) atoms. The third kappa shape index (κ3) is 3.42. The number of aliphatic hydroxyl groups is 1. The molecule has 0 aliphatic carbocycles. The number of rotatable bonds is 4. The standard InChI is InChI=1S/C14H20F2N2O/c15-12-4-1-5-13(14(12)16)18-8-10(3-2-6-19)7-11(17)9-18/h1,4-5,10-11,19H,2-3,6-9,17H2. The zero-order chi connectivity index (χ0) is 13.8. The molecule has 1 aliphatic rings. The second-order valence-corrected chi connectivity index (χ2v) is 5.21. The lowest BCUT2D eigenvalue weighted by Gasteiger charge is -2.38. The second kappa shape index (κ2) is 6.30. The van der Waals surface area contributed by atoms with Gasteiger partial charge >= 0.3 is 0 Å². The minimum atomic E-state index is -0.830. The van der Waals surface area contributed by atoms with Gasteiger partial charge in [0.15, 0.2) is 11.6 Å². The van der Waals surface area contributed by atoms with Crippen molar-refractivity contribution in [3.8, 4) is 0 Å². The van der Waals surface area contributed by atoms with Gasteiger partial charge in [0.25, 0.3) is 0 Å². The molecule has 2 atom stereocenters. The molecular formula is C14H20F2N2O. The van der Waals surface area contributed by atoms with E-state index in [1.54, 1.807) is 6.07 Å². The molecule has 0 aromatic heterocycles. The lowest BCUT2D eigenvalue weighted by atomic mass is 9.90. The molecule has 2 rings (SSSR count). The van der Waals surface area contributed by atoms with Crippen LogP contribution >= 0.6 is 0 Å². The first-order chi connectivity index (χ1) is 9.11. The molecular weight excluding hydrogens is 250 g/mol. The van der Waals surface area contributed by atoms with E-state index in [-0.39, 0.29) is 18.3 Å². The van der Waals surface area contributed by atoms with Crippen LogP contribution in [-0.4, -0.2) is 30.8 Å². The lowest BCUT2D eigenvalue weighted by molar-refractivity contribution is 0.258. The first kappa shape index (κ1) is 14.2. The number of hydrogen-bond donors (Lipinski definition) is 2. The van der Waals surface area contributed by atoms with E-state index in [1.807, 2.05) is 4.90 Å². The molecule has 3 N–H and O–H groups in total. The molecule has 1 aliphatic heterocycles. The zero-order valence-corrected chi connectivity index (χ0v) is 10.9.